The van der Waals surface area contributed by atoms with Crippen LogP contribution in [0.25, 0.3) is 0 Å². The fourth-order valence-corrected chi connectivity index (χ4v) is 1.74. The maximum Gasteiger partial charge on any atom is 0.303 e. The van der Waals surface area contributed by atoms with E-state index in [-0.39, 0.29) is 6.42 Å². The number of anilines is 1. The summed E-state index contributed by atoms with van der Waals surface area (Å²) < 4.78 is 0. The van der Waals surface area contributed by atoms with Gasteiger partial charge in [-0.1, -0.05) is 6.07 Å². The van der Waals surface area contributed by atoms with Crippen molar-refractivity contribution in [2.45, 2.75) is 25.7 Å². The SMILES string of the molecule is O=C(O)CCc1ccc2c(n1)NCCC2. The first kappa shape index (κ1) is 9.96. The quantitative estimate of drug-likeness (QED) is 0.785. The van der Waals surface area contributed by atoms with Crippen molar-refractivity contribution in [2.24, 2.45) is 0 Å². The number of hydrogen-bond donors (Lipinski definition) is 2. The molecule has 80 valence electrons. The molecule has 1 aliphatic rings. The van der Waals surface area contributed by atoms with E-state index in [1.807, 2.05) is 12.1 Å². The van der Waals surface area contributed by atoms with E-state index >= 15 is 0 Å². The second kappa shape index (κ2) is 4.29. The number of aryl methyl sites for hydroxylation is 2. The average Bonchev–Trinajstić information content (AvgIpc) is 2.26. The number of aliphatic carboxylic acids is 1. The van der Waals surface area contributed by atoms with Crippen LogP contribution in [0.5, 0.6) is 0 Å². The topological polar surface area (TPSA) is 62.2 Å². The summed E-state index contributed by atoms with van der Waals surface area (Å²) in [6, 6.07) is 3.97. The van der Waals surface area contributed by atoms with Gasteiger partial charge in [0, 0.05) is 18.7 Å². The molecule has 0 atom stereocenters. The lowest BCUT2D eigenvalue weighted by atomic mass is 10.1. The molecule has 0 saturated carbocycles. The number of rotatable bonds is 3. The first-order chi connectivity index (χ1) is 7.25. The monoisotopic (exact) mass is 206 g/mol. The second-order valence-electron chi connectivity index (χ2n) is 3.73. The van der Waals surface area contributed by atoms with E-state index in [0.717, 1.165) is 30.9 Å². The van der Waals surface area contributed by atoms with Gasteiger partial charge in [0.1, 0.15) is 5.82 Å². The Hall–Kier alpha value is -1.58. The lowest BCUT2D eigenvalue weighted by Crippen LogP contribution is -2.14. The lowest BCUT2D eigenvalue weighted by Gasteiger charge is -2.17. The molecule has 0 unspecified atom stereocenters. The number of nitrogens with one attached hydrogen (secondary N) is 1. The highest BCUT2D eigenvalue weighted by Crippen LogP contribution is 2.19. The molecule has 1 aliphatic heterocycles. The minimum Gasteiger partial charge on any atom is -0.481 e. The highest BCUT2D eigenvalue weighted by molar-refractivity contribution is 5.67. The summed E-state index contributed by atoms with van der Waals surface area (Å²) in [4.78, 5) is 14.8. The summed E-state index contributed by atoms with van der Waals surface area (Å²) in [6.07, 6.45) is 2.85. The Morgan fingerprint density at radius 2 is 2.40 bits per heavy atom. The molecule has 1 aromatic rings. The van der Waals surface area contributed by atoms with Crippen LogP contribution in [0.3, 0.4) is 0 Å². The maximum atomic E-state index is 10.4. The smallest absolute Gasteiger partial charge is 0.303 e. The van der Waals surface area contributed by atoms with Crippen molar-refractivity contribution >= 4 is 11.8 Å². The van der Waals surface area contributed by atoms with Gasteiger partial charge in [-0.15, -0.1) is 0 Å². The van der Waals surface area contributed by atoms with Gasteiger partial charge < -0.3 is 10.4 Å². The van der Waals surface area contributed by atoms with Crippen molar-refractivity contribution in [1.82, 2.24) is 4.98 Å². The summed E-state index contributed by atoms with van der Waals surface area (Å²) in [6.45, 7) is 0.961. The van der Waals surface area contributed by atoms with Crippen molar-refractivity contribution in [2.75, 3.05) is 11.9 Å². The molecule has 0 saturated heterocycles. The molecule has 0 spiro atoms. The van der Waals surface area contributed by atoms with Crippen LogP contribution in [0, 0.1) is 0 Å². The Labute approximate surface area is 88.3 Å². The fourth-order valence-electron chi connectivity index (χ4n) is 1.74. The molecule has 0 bridgehead atoms. The Bertz CT molecular complexity index is 377. The number of fused-ring (bicyclic) bond motifs is 1. The molecule has 1 aromatic heterocycles. The number of pyridine rings is 1. The number of hydrogen-bond acceptors (Lipinski definition) is 3. The van der Waals surface area contributed by atoms with E-state index in [4.69, 9.17) is 5.11 Å². The highest BCUT2D eigenvalue weighted by Gasteiger charge is 2.10. The zero-order valence-corrected chi connectivity index (χ0v) is 8.49. The molecule has 0 fully saturated rings. The first-order valence-electron chi connectivity index (χ1n) is 5.20. The van der Waals surface area contributed by atoms with E-state index in [0.29, 0.717) is 6.42 Å². The maximum absolute atomic E-state index is 10.4. The molecule has 4 heteroatoms. The van der Waals surface area contributed by atoms with Crippen LogP contribution in [0.4, 0.5) is 5.82 Å². The summed E-state index contributed by atoms with van der Waals surface area (Å²) in [5.41, 5.74) is 2.09. The third-order valence-electron chi connectivity index (χ3n) is 2.55. The van der Waals surface area contributed by atoms with Crippen molar-refractivity contribution in [3.8, 4) is 0 Å². The number of nitrogens with zero attached hydrogens (tertiary/aromatic N) is 1. The number of carboxylic acid groups (broad SMARTS) is 1. The first-order valence-corrected chi connectivity index (χ1v) is 5.20. The average molecular weight is 206 g/mol. The van der Waals surface area contributed by atoms with E-state index in [2.05, 4.69) is 10.3 Å². The minimum atomic E-state index is -0.775. The normalized spacial score (nSPS) is 14.1. The molecule has 4 nitrogen and oxygen atoms in total. The van der Waals surface area contributed by atoms with Crippen LogP contribution >= 0.6 is 0 Å². The van der Waals surface area contributed by atoms with Gasteiger partial charge >= 0.3 is 5.97 Å². The van der Waals surface area contributed by atoms with Gasteiger partial charge in [-0.25, -0.2) is 4.98 Å². The van der Waals surface area contributed by atoms with Crippen molar-refractivity contribution in [3.05, 3.63) is 23.4 Å². The van der Waals surface area contributed by atoms with E-state index in [9.17, 15) is 4.79 Å². The van der Waals surface area contributed by atoms with Crippen LogP contribution < -0.4 is 5.32 Å². The predicted molar refractivity (Wildman–Crippen MR) is 57.0 cm³/mol. The van der Waals surface area contributed by atoms with Crippen LogP contribution in [0.15, 0.2) is 12.1 Å². The highest BCUT2D eigenvalue weighted by atomic mass is 16.4. The van der Waals surface area contributed by atoms with Crippen LogP contribution in [-0.4, -0.2) is 22.6 Å². The van der Waals surface area contributed by atoms with Gasteiger partial charge in [-0.3, -0.25) is 4.79 Å². The predicted octanol–water partition coefficient (Wildman–Crippen LogP) is 1.46. The van der Waals surface area contributed by atoms with Crippen LogP contribution in [0.2, 0.25) is 0 Å². The Balaban J connectivity index is 2.10. The molecular weight excluding hydrogens is 192 g/mol. The molecule has 0 amide bonds. The third kappa shape index (κ3) is 2.46. The molecule has 2 heterocycles. The number of carboxylic acids is 1. The van der Waals surface area contributed by atoms with Crippen molar-refractivity contribution in [1.29, 1.82) is 0 Å². The zero-order chi connectivity index (χ0) is 10.7. The van der Waals surface area contributed by atoms with Gasteiger partial charge in [-0.2, -0.15) is 0 Å². The second-order valence-corrected chi connectivity index (χ2v) is 3.73. The zero-order valence-electron chi connectivity index (χ0n) is 8.49. The van der Waals surface area contributed by atoms with E-state index < -0.39 is 5.97 Å². The van der Waals surface area contributed by atoms with E-state index in [1.165, 1.54) is 5.56 Å². The minimum absolute atomic E-state index is 0.145. The summed E-state index contributed by atoms with van der Waals surface area (Å²) in [5, 5.41) is 11.8. The van der Waals surface area contributed by atoms with Crippen LogP contribution in [-0.2, 0) is 17.6 Å². The Morgan fingerprint density at radius 1 is 1.53 bits per heavy atom. The lowest BCUT2D eigenvalue weighted by molar-refractivity contribution is -0.136. The fraction of sp³-hybridized carbons (Fsp3) is 0.455. The molecular formula is C11H14N2O2. The molecule has 2 N–H and O–H groups in total. The van der Waals surface area contributed by atoms with Crippen molar-refractivity contribution < 1.29 is 9.90 Å². The Kier molecular flexibility index (Phi) is 2.85. The Morgan fingerprint density at radius 3 is 3.20 bits per heavy atom. The third-order valence-corrected chi connectivity index (χ3v) is 2.55. The van der Waals surface area contributed by atoms with Gasteiger partial charge in [0.2, 0.25) is 0 Å². The van der Waals surface area contributed by atoms with Crippen molar-refractivity contribution in [3.63, 3.8) is 0 Å². The van der Waals surface area contributed by atoms with Gasteiger partial charge in [0.25, 0.3) is 0 Å². The van der Waals surface area contributed by atoms with E-state index in [1.54, 1.807) is 0 Å². The molecule has 15 heavy (non-hydrogen) atoms. The number of carbonyl (C=O) groups is 1. The molecule has 0 aromatic carbocycles. The van der Waals surface area contributed by atoms with Crippen LogP contribution in [0.1, 0.15) is 24.1 Å². The molecule has 0 radical (unpaired) electrons. The summed E-state index contributed by atoms with van der Waals surface area (Å²) >= 11 is 0. The summed E-state index contributed by atoms with van der Waals surface area (Å²) in [7, 11) is 0. The molecule has 2 rings (SSSR count). The summed E-state index contributed by atoms with van der Waals surface area (Å²) in [5.74, 6) is 0.159. The standard InChI is InChI=1S/C11H14N2O2/c14-10(15)6-5-9-4-3-8-2-1-7-12-11(8)13-9/h3-4H,1-2,5-7H2,(H,12,13)(H,14,15). The number of aromatic nitrogens is 1. The molecule has 0 aliphatic carbocycles. The van der Waals surface area contributed by atoms with Gasteiger partial charge in [0.15, 0.2) is 0 Å². The van der Waals surface area contributed by atoms with Gasteiger partial charge in [-0.05, 0) is 24.5 Å². The largest absolute Gasteiger partial charge is 0.481 e. The van der Waals surface area contributed by atoms with Gasteiger partial charge in [0.05, 0.1) is 6.42 Å².